The van der Waals surface area contributed by atoms with Crippen molar-refractivity contribution in [2.45, 2.75) is 36.5 Å². The molecule has 4 heteroatoms. The summed E-state index contributed by atoms with van der Waals surface area (Å²) < 4.78 is 15.7. The van der Waals surface area contributed by atoms with E-state index in [1.165, 1.54) is 24.1 Å². The minimum atomic E-state index is -1.24. The number of fused-ring (bicyclic) bond motifs is 1. The topological polar surface area (TPSA) is 32.3 Å². The Morgan fingerprint density at radius 1 is 1.22 bits per heavy atom. The Bertz CT molecular complexity index is 844. The van der Waals surface area contributed by atoms with Crippen molar-refractivity contribution in [1.82, 2.24) is 4.90 Å². The van der Waals surface area contributed by atoms with E-state index in [9.17, 15) is 4.21 Å². The number of benzene rings is 2. The van der Waals surface area contributed by atoms with Gasteiger partial charge in [-0.1, -0.05) is 44.2 Å². The molecule has 2 aromatic carbocycles. The zero-order valence-corrected chi connectivity index (χ0v) is 17.0. The third-order valence-electron chi connectivity index (χ3n) is 6.03. The highest BCUT2D eigenvalue weighted by molar-refractivity contribution is 7.86. The van der Waals surface area contributed by atoms with Crippen molar-refractivity contribution in [2.24, 2.45) is 5.92 Å². The van der Waals surface area contributed by atoms with E-state index in [0.717, 1.165) is 29.6 Å². The van der Waals surface area contributed by atoms with Gasteiger partial charge in [0, 0.05) is 30.7 Å². The quantitative estimate of drug-likeness (QED) is 0.706. The molecular formula is C23H28N2OS. The highest BCUT2D eigenvalue weighted by Crippen LogP contribution is 2.58. The molecule has 3 nitrogen and oxygen atoms in total. The molecule has 3 unspecified atom stereocenters. The normalized spacial score (nSPS) is 25.2. The lowest BCUT2D eigenvalue weighted by molar-refractivity contribution is 0.330. The average molecular weight is 381 g/mol. The monoisotopic (exact) mass is 380 g/mol. The summed E-state index contributed by atoms with van der Waals surface area (Å²) in [5.74, 6) is 1.27. The summed E-state index contributed by atoms with van der Waals surface area (Å²) in [6.45, 7) is 11.5. The maximum absolute atomic E-state index is 12.6. The predicted octanol–water partition coefficient (Wildman–Crippen LogP) is 4.70. The fourth-order valence-electron chi connectivity index (χ4n) is 4.37. The highest BCUT2D eigenvalue weighted by Gasteiger charge is 2.60. The molecule has 1 heterocycles. The first kappa shape index (κ1) is 18.5. The van der Waals surface area contributed by atoms with Crippen LogP contribution in [0.4, 0.5) is 5.69 Å². The third kappa shape index (κ3) is 3.61. The maximum Gasteiger partial charge on any atom is 0.150 e. The van der Waals surface area contributed by atoms with Gasteiger partial charge in [0.1, 0.15) is 11.0 Å². The molecule has 3 atom stereocenters. The highest BCUT2D eigenvalue weighted by atomic mass is 32.2. The minimum Gasteiger partial charge on any atom is -0.301 e. The Labute approximate surface area is 165 Å². The second kappa shape index (κ2) is 7.25. The predicted molar refractivity (Wildman–Crippen MR) is 113 cm³/mol. The molecule has 2 fully saturated rings. The fraction of sp³-hybridized carbons (Fsp3) is 0.391. The lowest BCUT2D eigenvalue weighted by Crippen LogP contribution is -2.26. The van der Waals surface area contributed by atoms with Gasteiger partial charge in [0.2, 0.25) is 0 Å². The van der Waals surface area contributed by atoms with Gasteiger partial charge in [-0.25, -0.2) is 4.21 Å². The molecule has 0 bridgehead atoms. The van der Waals surface area contributed by atoms with Crippen molar-refractivity contribution in [3.63, 3.8) is 0 Å². The van der Waals surface area contributed by atoms with E-state index >= 15 is 0 Å². The van der Waals surface area contributed by atoms with Crippen molar-refractivity contribution in [1.29, 1.82) is 0 Å². The molecule has 142 valence electrons. The van der Waals surface area contributed by atoms with Gasteiger partial charge in [-0.15, -0.1) is 6.58 Å². The summed E-state index contributed by atoms with van der Waals surface area (Å²) in [7, 11) is -1.24. The molecule has 27 heavy (non-hydrogen) atoms. The minimum absolute atomic E-state index is 0.341. The maximum atomic E-state index is 12.6. The Hall–Kier alpha value is -1.91. The number of hydrogen-bond acceptors (Lipinski definition) is 2. The van der Waals surface area contributed by atoms with Crippen molar-refractivity contribution >= 4 is 16.7 Å². The van der Waals surface area contributed by atoms with Crippen LogP contribution in [-0.4, -0.2) is 28.7 Å². The van der Waals surface area contributed by atoms with Gasteiger partial charge < -0.3 is 4.72 Å². The van der Waals surface area contributed by atoms with Gasteiger partial charge >= 0.3 is 0 Å². The molecule has 0 radical (unpaired) electrons. The number of nitrogens with one attached hydrogen (secondary N) is 1. The number of nitrogens with zero attached hydrogens (tertiary/aromatic N) is 1. The number of piperidine rings is 1. The van der Waals surface area contributed by atoms with Crippen molar-refractivity contribution in [3.05, 3.63) is 72.3 Å². The second-order valence-corrected chi connectivity index (χ2v) is 9.42. The number of anilines is 1. The van der Waals surface area contributed by atoms with Crippen LogP contribution in [0, 0.1) is 5.92 Å². The summed E-state index contributed by atoms with van der Waals surface area (Å²) >= 11 is 0. The van der Waals surface area contributed by atoms with E-state index < -0.39 is 11.0 Å². The first-order chi connectivity index (χ1) is 13.0. The van der Waals surface area contributed by atoms with E-state index in [2.05, 4.69) is 66.4 Å². The van der Waals surface area contributed by atoms with Crippen LogP contribution < -0.4 is 4.72 Å². The van der Waals surface area contributed by atoms with Gasteiger partial charge in [0.15, 0.2) is 0 Å². The molecule has 1 aliphatic heterocycles. The van der Waals surface area contributed by atoms with Crippen molar-refractivity contribution in [3.8, 4) is 0 Å². The molecule has 1 aliphatic carbocycles. The molecule has 0 amide bonds. The molecule has 2 aliphatic rings. The van der Waals surface area contributed by atoms with Crippen LogP contribution in [0.1, 0.15) is 37.3 Å². The second-order valence-electron chi connectivity index (χ2n) is 8.21. The van der Waals surface area contributed by atoms with Crippen LogP contribution in [0.2, 0.25) is 0 Å². The molecule has 0 aromatic heterocycles. The number of rotatable bonds is 7. The smallest absolute Gasteiger partial charge is 0.150 e. The average Bonchev–Trinajstić information content (AvgIpc) is 3.24. The summed E-state index contributed by atoms with van der Waals surface area (Å²) in [6.07, 6.45) is 3.29. The summed E-state index contributed by atoms with van der Waals surface area (Å²) in [5.41, 5.74) is 3.92. The first-order valence-corrected chi connectivity index (χ1v) is 10.9. The zero-order chi connectivity index (χ0) is 19.0. The number of likely N-dealkylation sites (tertiary alicyclic amines) is 1. The molecule has 1 saturated heterocycles. The van der Waals surface area contributed by atoms with Crippen LogP contribution in [0.25, 0.3) is 0 Å². The molecule has 1 saturated carbocycles. The van der Waals surface area contributed by atoms with Crippen molar-refractivity contribution in [2.75, 3.05) is 24.4 Å². The molecule has 1 N–H and O–H groups in total. The Morgan fingerprint density at radius 2 is 1.93 bits per heavy atom. The van der Waals surface area contributed by atoms with Gasteiger partial charge in [-0.2, -0.15) is 0 Å². The standard InChI is InChI=1S/C23H28N2OS/c1-4-13-25-15-20-14-23(20,16-25)19-7-9-21(10-8-19)24-27(26)22-11-5-18(6-12-22)17(2)3/h4-12,17,20,24H,1,13-16H2,2-3H3. The van der Waals surface area contributed by atoms with Crippen LogP contribution >= 0.6 is 0 Å². The summed E-state index contributed by atoms with van der Waals surface area (Å²) in [6, 6.07) is 16.6. The van der Waals surface area contributed by atoms with Gasteiger partial charge in [0.05, 0.1) is 4.90 Å². The Balaban J connectivity index is 1.41. The van der Waals surface area contributed by atoms with E-state index in [0.29, 0.717) is 11.3 Å². The molecule has 0 spiro atoms. The van der Waals surface area contributed by atoms with E-state index in [4.69, 9.17) is 0 Å². The zero-order valence-electron chi connectivity index (χ0n) is 16.2. The van der Waals surface area contributed by atoms with E-state index in [-0.39, 0.29) is 0 Å². The fourth-order valence-corrected chi connectivity index (χ4v) is 5.22. The molecular weight excluding hydrogens is 352 g/mol. The van der Waals surface area contributed by atoms with Gasteiger partial charge in [0.25, 0.3) is 0 Å². The molecule has 2 aromatic rings. The lowest BCUT2D eigenvalue weighted by atomic mass is 9.95. The Morgan fingerprint density at radius 3 is 2.56 bits per heavy atom. The van der Waals surface area contributed by atoms with Gasteiger partial charge in [-0.3, -0.25) is 4.90 Å². The lowest BCUT2D eigenvalue weighted by Gasteiger charge is -2.19. The van der Waals surface area contributed by atoms with Crippen LogP contribution in [0.15, 0.2) is 66.1 Å². The van der Waals surface area contributed by atoms with Crippen molar-refractivity contribution < 1.29 is 4.21 Å². The summed E-state index contributed by atoms with van der Waals surface area (Å²) in [5, 5.41) is 0. The van der Waals surface area contributed by atoms with Crippen LogP contribution in [0.5, 0.6) is 0 Å². The molecule has 4 rings (SSSR count). The van der Waals surface area contributed by atoms with Crippen LogP contribution in [0.3, 0.4) is 0 Å². The van der Waals surface area contributed by atoms with Crippen LogP contribution in [-0.2, 0) is 16.4 Å². The largest absolute Gasteiger partial charge is 0.301 e. The first-order valence-electron chi connectivity index (χ1n) is 9.74. The number of hydrogen-bond donors (Lipinski definition) is 1. The van der Waals surface area contributed by atoms with E-state index in [1.54, 1.807) is 0 Å². The van der Waals surface area contributed by atoms with E-state index in [1.807, 2.05) is 18.2 Å². The van der Waals surface area contributed by atoms with Gasteiger partial charge in [-0.05, 0) is 53.6 Å². The Kier molecular flexibility index (Phi) is 4.95. The summed E-state index contributed by atoms with van der Waals surface area (Å²) in [4.78, 5) is 3.30. The third-order valence-corrected chi connectivity index (χ3v) is 7.16. The SMILES string of the molecule is C=CCN1CC2CC2(c2ccc(NS(=O)c3ccc(C(C)C)cc3)cc2)C1.